The monoisotopic (exact) mass is 268 g/mol. The van der Waals surface area contributed by atoms with Crippen LogP contribution in [-0.2, 0) is 0 Å². The van der Waals surface area contributed by atoms with E-state index in [0.29, 0.717) is 0 Å². The second-order valence-corrected chi connectivity index (χ2v) is 6.38. The topological polar surface area (TPSA) is 30.5 Å². The summed E-state index contributed by atoms with van der Waals surface area (Å²) in [5, 5.41) is 7.06. The molecule has 2 saturated heterocycles. The smallest absolute Gasteiger partial charge is 0.0110 e. The minimum absolute atomic E-state index is 0.729. The highest BCUT2D eigenvalue weighted by Crippen LogP contribution is 2.16. The quantitative estimate of drug-likeness (QED) is 0.662. The molecule has 0 saturated carbocycles. The Labute approximate surface area is 118 Å². The zero-order valence-electron chi connectivity index (χ0n) is 12.8. The third-order valence-electron chi connectivity index (χ3n) is 4.73. The lowest BCUT2D eigenvalue weighted by atomic mass is 10.1. The minimum Gasteiger partial charge on any atom is -0.317 e. The van der Waals surface area contributed by atoms with Crippen LogP contribution in [0.25, 0.3) is 0 Å². The molecular formula is C15H32N4. The van der Waals surface area contributed by atoms with Gasteiger partial charge in [-0.15, -0.1) is 0 Å². The first-order valence-electron chi connectivity index (χ1n) is 8.09. The van der Waals surface area contributed by atoms with Gasteiger partial charge in [0.25, 0.3) is 0 Å². The Bertz CT molecular complexity index is 240. The first kappa shape index (κ1) is 15.2. The van der Waals surface area contributed by atoms with Gasteiger partial charge in [-0.3, -0.25) is 4.90 Å². The van der Waals surface area contributed by atoms with Crippen molar-refractivity contribution < 1.29 is 0 Å². The lowest BCUT2D eigenvalue weighted by Gasteiger charge is -2.32. The summed E-state index contributed by atoms with van der Waals surface area (Å²) in [4.78, 5) is 5.07. The minimum atomic E-state index is 0.729. The molecule has 2 aliphatic heterocycles. The van der Waals surface area contributed by atoms with E-state index in [1.807, 2.05) is 0 Å². The van der Waals surface area contributed by atoms with Crippen molar-refractivity contribution in [2.45, 2.75) is 32.2 Å². The van der Waals surface area contributed by atoms with Crippen molar-refractivity contribution in [2.24, 2.45) is 5.92 Å². The Balaban J connectivity index is 1.47. The van der Waals surface area contributed by atoms with Gasteiger partial charge in [0, 0.05) is 38.8 Å². The van der Waals surface area contributed by atoms with Crippen LogP contribution in [0.4, 0.5) is 0 Å². The summed E-state index contributed by atoms with van der Waals surface area (Å²) < 4.78 is 0. The fourth-order valence-electron chi connectivity index (χ4n) is 3.31. The molecule has 2 unspecified atom stereocenters. The van der Waals surface area contributed by atoms with E-state index >= 15 is 0 Å². The molecule has 2 aliphatic rings. The normalized spacial score (nSPS) is 27.8. The van der Waals surface area contributed by atoms with E-state index in [1.54, 1.807) is 0 Å². The van der Waals surface area contributed by atoms with E-state index in [0.717, 1.165) is 25.0 Å². The van der Waals surface area contributed by atoms with Gasteiger partial charge in [0.2, 0.25) is 0 Å². The number of likely N-dealkylation sites (tertiary alicyclic amines) is 1. The average molecular weight is 268 g/mol. The highest BCUT2D eigenvalue weighted by atomic mass is 15.2. The molecule has 2 heterocycles. The summed E-state index contributed by atoms with van der Waals surface area (Å²) in [5.41, 5.74) is 0. The number of rotatable bonds is 7. The van der Waals surface area contributed by atoms with E-state index < -0.39 is 0 Å². The first-order chi connectivity index (χ1) is 9.25. The second kappa shape index (κ2) is 8.20. The molecule has 2 atom stereocenters. The maximum atomic E-state index is 3.64. The van der Waals surface area contributed by atoms with E-state index in [2.05, 4.69) is 34.4 Å². The molecule has 112 valence electrons. The van der Waals surface area contributed by atoms with Crippen LogP contribution >= 0.6 is 0 Å². The highest BCUT2D eigenvalue weighted by Gasteiger charge is 2.19. The lowest BCUT2D eigenvalue weighted by molar-refractivity contribution is 0.176. The second-order valence-electron chi connectivity index (χ2n) is 6.38. The number of nitrogens with one attached hydrogen (secondary N) is 2. The van der Waals surface area contributed by atoms with Crippen molar-refractivity contribution in [1.29, 1.82) is 0 Å². The van der Waals surface area contributed by atoms with E-state index in [-0.39, 0.29) is 0 Å². The van der Waals surface area contributed by atoms with E-state index in [1.165, 1.54) is 58.5 Å². The van der Waals surface area contributed by atoms with Gasteiger partial charge < -0.3 is 15.5 Å². The summed E-state index contributed by atoms with van der Waals surface area (Å²) in [7, 11) is 2.24. The van der Waals surface area contributed by atoms with Gasteiger partial charge in [-0.2, -0.15) is 0 Å². The molecule has 19 heavy (non-hydrogen) atoms. The average Bonchev–Trinajstić information content (AvgIpc) is 2.85. The van der Waals surface area contributed by atoms with Gasteiger partial charge in [-0.25, -0.2) is 0 Å². The fraction of sp³-hybridized carbons (Fsp3) is 1.00. The zero-order valence-corrected chi connectivity index (χ0v) is 12.8. The Morgan fingerprint density at radius 1 is 1.21 bits per heavy atom. The molecular weight excluding hydrogens is 236 g/mol. The molecule has 4 nitrogen and oxygen atoms in total. The summed E-state index contributed by atoms with van der Waals surface area (Å²) in [6, 6.07) is 0.729. The highest BCUT2D eigenvalue weighted by molar-refractivity contribution is 4.75. The molecule has 0 bridgehead atoms. The zero-order chi connectivity index (χ0) is 13.5. The molecule has 0 radical (unpaired) electrons. The van der Waals surface area contributed by atoms with Crippen LogP contribution in [0, 0.1) is 5.92 Å². The molecule has 0 aliphatic carbocycles. The lowest BCUT2D eigenvalue weighted by Crippen LogP contribution is -2.48. The number of hydrogen-bond donors (Lipinski definition) is 2. The van der Waals surface area contributed by atoms with Crippen molar-refractivity contribution in [3.05, 3.63) is 0 Å². The van der Waals surface area contributed by atoms with E-state index in [4.69, 9.17) is 0 Å². The molecule has 2 rings (SSSR count). The Hall–Kier alpha value is -0.160. The first-order valence-corrected chi connectivity index (χ1v) is 8.09. The molecule has 2 N–H and O–H groups in total. The van der Waals surface area contributed by atoms with Gasteiger partial charge in [0.1, 0.15) is 0 Å². The largest absolute Gasteiger partial charge is 0.317 e. The molecule has 0 spiro atoms. The molecule has 0 aromatic heterocycles. The molecule has 4 heteroatoms. The maximum Gasteiger partial charge on any atom is 0.0110 e. The Kier molecular flexibility index (Phi) is 6.57. The van der Waals surface area contributed by atoms with Gasteiger partial charge in [-0.05, 0) is 58.8 Å². The number of nitrogens with zero attached hydrogens (tertiary/aromatic N) is 2. The summed E-state index contributed by atoms with van der Waals surface area (Å²) in [5.74, 6) is 0.933. The van der Waals surface area contributed by atoms with Crippen LogP contribution in [0.2, 0.25) is 0 Å². The molecule has 0 aromatic rings. The summed E-state index contributed by atoms with van der Waals surface area (Å²) in [6.45, 7) is 12.1. The Morgan fingerprint density at radius 2 is 2.00 bits per heavy atom. The van der Waals surface area contributed by atoms with Gasteiger partial charge in [0.15, 0.2) is 0 Å². The Morgan fingerprint density at radius 3 is 2.68 bits per heavy atom. The fourth-order valence-corrected chi connectivity index (χ4v) is 3.31. The van der Waals surface area contributed by atoms with Gasteiger partial charge in [0.05, 0.1) is 0 Å². The molecule has 0 aromatic carbocycles. The summed E-state index contributed by atoms with van der Waals surface area (Å²) >= 11 is 0. The van der Waals surface area contributed by atoms with Gasteiger partial charge in [-0.1, -0.05) is 0 Å². The summed E-state index contributed by atoms with van der Waals surface area (Å²) in [6.07, 6.45) is 4.03. The van der Waals surface area contributed by atoms with Crippen LogP contribution in [-0.4, -0.2) is 75.2 Å². The number of hydrogen-bond acceptors (Lipinski definition) is 4. The third kappa shape index (κ3) is 5.38. The van der Waals surface area contributed by atoms with Crippen LogP contribution < -0.4 is 10.6 Å². The van der Waals surface area contributed by atoms with Crippen molar-refractivity contribution in [2.75, 3.05) is 59.4 Å². The number of piperazine rings is 1. The standard InChI is InChI=1S/C15H32N4/c1-14(19-11-8-17-9-12-19)3-6-16-7-4-15-5-10-18(2)13-15/h14-17H,3-13H2,1-2H3. The van der Waals surface area contributed by atoms with Crippen LogP contribution in [0.1, 0.15) is 26.2 Å². The third-order valence-corrected chi connectivity index (χ3v) is 4.73. The van der Waals surface area contributed by atoms with Crippen molar-refractivity contribution in [3.63, 3.8) is 0 Å². The predicted molar refractivity (Wildman–Crippen MR) is 81.6 cm³/mol. The van der Waals surface area contributed by atoms with Crippen molar-refractivity contribution in [1.82, 2.24) is 20.4 Å². The van der Waals surface area contributed by atoms with Crippen molar-refractivity contribution >= 4 is 0 Å². The van der Waals surface area contributed by atoms with E-state index in [9.17, 15) is 0 Å². The van der Waals surface area contributed by atoms with Crippen LogP contribution in [0.3, 0.4) is 0 Å². The van der Waals surface area contributed by atoms with Crippen LogP contribution in [0.5, 0.6) is 0 Å². The maximum absolute atomic E-state index is 3.64. The predicted octanol–water partition coefficient (Wildman–Crippen LogP) is 0.602. The molecule has 2 fully saturated rings. The van der Waals surface area contributed by atoms with Crippen molar-refractivity contribution in [3.8, 4) is 0 Å². The molecule has 0 amide bonds. The van der Waals surface area contributed by atoms with Gasteiger partial charge >= 0.3 is 0 Å². The SMILES string of the molecule is CC(CCNCCC1CCN(C)C1)N1CCNCC1. The van der Waals surface area contributed by atoms with Crippen LogP contribution in [0.15, 0.2) is 0 Å².